The molecule has 5 rings (SSSR count). The number of halogens is 6. The van der Waals surface area contributed by atoms with E-state index in [2.05, 4.69) is 10.3 Å². The Morgan fingerprint density at radius 3 is 2.43 bits per heavy atom. The first kappa shape index (κ1) is 34.6. The molecule has 16 heteroatoms. The predicted octanol–water partition coefficient (Wildman–Crippen LogP) is 4.81. The fourth-order valence-electron chi connectivity index (χ4n) is 6.19. The van der Waals surface area contributed by atoms with Crippen molar-refractivity contribution in [3.05, 3.63) is 71.2 Å². The van der Waals surface area contributed by atoms with Crippen molar-refractivity contribution in [2.24, 2.45) is 0 Å². The molecule has 3 heterocycles. The molecule has 7 atom stereocenters. The lowest BCUT2D eigenvalue weighted by molar-refractivity contribution is -0.187. The molecule has 0 bridgehead atoms. The molecule has 2 aliphatic heterocycles. The van der Waals surface area contributed by atoms with Gasteiger partial charge in [-0.05, 0) is 37.6 Å². The van der Waals surface area contributed by atoms with E-state index in [1.165, 1.54) is 31.5 Å². The number of rotatable bonds is 8. The van der Waals surface area contributed by atoms with Gasteiger partial charge in [0.1, 0.15) is 35.5 Å². The van der Waals surface area contributed by atoms with Crippen molar-refractivity contribution in [3.63, 3.8) is 0 Å². The summed E-state index contributed by atoms with van der Waals surface area (Å²) in [7, 11) is 1.27. The number of ether oxygens (including phenoxy) is 3. The van der Waals surface area contributed by atoms with Gasteiger partial charge in [0, 0.05) is 25.5 Å². The van der Waals surface area contributed by atoms with E-state index < -0.39 is 82.0 Å². The number of nitrogens with zero attached hydrogens (tertiary/aromatic N) is 3. The fourth-order valence-corrected chi connectivity index (χ4v) is 7.90. The molecule has 9 nitrogen and oxygen atoms in total. The number of aliphatic hydroxyl groups excluding tert-OH is 2. The SMILES string of the molecule is CO[C@@H]1[C@@H](n2cc(-c3cc(F)c(F)c(F)c3)nn2)[C@@H](O)[C@@H](CO)O[C@H]1S[C@H](c1ccccc1C(F)(F)F)[C@@]1(O)CCOC(C)(C)C1. The molecule has 0 amide bonds. The van der Waals surface area contributed by atoms with Gasteiger partial charge in [-0.3, -0.25) is 0 Å². The van der Waals surface area contributed by atoms with E-state index in [1.807, 2.05) is 0 Å². The second-order valence-electron chi connectivity index (χ2n) is 12.0. The molecule has 2 aliphatic rings. The number of benzene rings is 2. The molecule has 2 fully saturated rings. The van der Waals surface area contributed by atoms with Crippen molar-refractivity contribution in [1.82, 2.24) is 15.0 Å². The zero-order chi connectivity index (χ0) is 33.6. The third-order valence-corrected chi connectivity index (χ3v) is 9.87. The van der Waals surface area contributed by atoms with Crippen LogP contribution in [-0.4, -0.2) is 85.6 Å². The lowest BCUT2D eigenvalue weighted by Gasteiger charge is -2.49. The second kappa shape index (κ2) is 13.1. The van der Waals surface area contributed by atoms with Crippen molar-refractivity contribution in [2.45, 2.75) is 79.1 Å². The first-order valence-electron chi connectivity index (χ1n) is 14.3. The van der Waals surface area contributed by atoms with Crippen LogP contribution in [0.15, 0.2) is 42.6 Å². The van der Waals surface area contributed by atoms with Crippen LogP contribution >= 0.6 is 11.8 Å². The molecule has 3 aromatic rings. The van der Waals surface area contributed by atoms with E-state index in [1.54, 1.807) is 13.8 Å². The molecule has 46 heavy (non-hydrogen) atoms. The van der Waals surface area contributed by atoms with Crippen molar-refractivity contribution in [3.8, 4) is 11.3 Å². The maximum atomic E-state index is 14.3. The summed E-state index contributed by atoms with van der Waals surface area (Å²) in [6.45, 7) is 2.80. The van der Waals surface area contributed by atoms with Gasteiger partial charge < -0.3 is 29.5 Å². The molecular formula is C30H33F6N3O6S. The number of methoxy groups -OCH3 is 1. The Morgan fingerprint density at radius 1 is 1.15 bits per heavy atom. The van der Waals surface area contributed by atoms with Gasteiger partial charge in [-0.25, -0.2) is 17.9 Å². The topological polar surface area (TPSA) is 119 Å². The van der Waals surface area contributed by atoms with Gasteiger partial charge >= 0.3 is 6.18 Å². The Labute approximate surface area is 264 Å². The van der Waals surface area contributed by atoms with Crippen molar-refractivity contribution < 1.29 is 55.9 Å². The Bertz CT molecular complexity index is 1520. The maximum Gasteiger partial charge on any atom is 0.416 e. The average Bonchev–Trinajstić information content (AvgIpc) is 3.47. The van der Waals surface area contributed by atoms with E-state index in [9.17, 15) is 41.7 Å². The molecule has 0 spiro atoms. The van der Waals surface area contributed by atoms with Crippen LogP contribution in [0, 0.1) is 17.5 Å². The maximum absolute atomic E-state index is 14.3. The molecule has 3 N–H and O–H groups in total. The van der Waals surface area contributed by atoms with Gasteiger partial charge in [0.05, 0.1) is 41.4 Å². The molecule has 1 aromatic heterocycles. The Morgan fingerprint density at radius 2 is 1.83 bits per heavy atom. The van der Waals surface area contributed by atoms with Gasteiger partial charge in [0.15, 0.2) is 17.5 Å². The largest absolute Gasteiger partial charge is 0.416 e. The minimum Gasteiger partial charge on any atom is -0.394 e. The summed E-state index contributed by atoms with van der Waals surface area (Å²) in [4.78, 5) is 0. The van der Waals surface area contributed by atoms with Crippen molar-refractivity contribution in [1.29, 1.82) is 0 Å². The molecule has 2 aromatic carbocycles. The van der Waals surface area contributed by atoms with Crippen LogP contribution in [0.3, 0.4) is 0 Å². The van der Waals surface area contributed by atoms with Crippen LogP contribution in [0.2, 0.25) is 0 Å². The summed E-state index contributed by atoms with van der Waals surface area (Å²) < 4.78 is 103. The standard InChI is InChI=1S/C30H33F6N3O6S/c1-28(2)14-29(42,8-9-44-28)26(16-6-4-5-7-17(16)30(34,35)36)46-27-25(43-3)23(24(41)21(13-40)45-27)39-12-20(37-38-39)15-10-18(31)22(33)19(32)11-15/h4-7,10-12,21,23-27,40-42H,8-9,13-14H2,1-3H3/t21-,23+,24+,25-,26-,27+,29-/m1/s1. The monoisotopic (exact) mass is 677 g/mol. The first-order chi connectivity index (χ1) is 21.6. The van der Waals surface area contributed by atoms with Crippen LogP contribution in [-0.2, 0) is 20.4 Å². The van der Waals surface area contributed by atoms with Crippen LogP contribution in [0.25, 0.3) is 11.3 Å². The van der Waals surface area contributed by atoms with E-state index in [0.717, 1.165) is 34.6 Å². The van der Waals surface area contributed by atoms with E-state index in [0.29, 0.717) is 0 Å². The van der Waals surface area contributed by atoms with Crippen LogP contribution in [0.1, 0.15) is 49.1 Å². The highest BCUT2D eigenvalue weighted by molar-refractivity contribution is 8.00. The molecule has 0 saturated carbocycles. The Kier molecular flexibility index (Phi) is 9.82. The summed E-state index contributed by atoms with van der Waals surface area (Å²) in [6, 6.07) is 5.13. The first-order valence-corrected chi connectivity index (χ1v) is 15.2. The van der Waals surface area contributed by atoms with Crippen molar-refractivity contribution >= 4 is 11.8 Å². The van der Waals surface area contributed by atoms with Crippen molar-refractivity contribution in [2.75, 3.05) is 20.3 Å². The van der Waals surface area contributed by atoms with Gasteiger partial charge in [-0.15, -0.1) is 16.9 Å². The quantitative estimate of drug-likeness (QED) is 0.228. The van der Waals surface area contributed by atoms with Gasteiger partial charge in [-0.1, -0.05) is 23.4 Å². The van der Waals surface area contributed by atoms with Crippen LogP contribution < -0.4 is 0 Å². The molecular weight excluding hydrogens is 644 g/mol. The molecule has 0 aliphatic carbocycles. The third kappa shape index (κ3) is 6.79. The highest BCUT2D eigenvalue weighted by atomic mass is 32.2. The Balaban J connectivity index is 1.56. The number of alkyl halides is 3. The predicted molar refractivity (Wildman–Crippen MR) is 153 cm³/mol. The average molecular weight is 678 g/mol. The minimum atomic E-state index is -4.76. The molecule has 2 saturated heterocycles. The van der Waals surface area contributed by atoms with Gasteiger partial charge in [-0.2, -0.15) is 13.2 Å². The van der Waals surface area contributed by atoms with E-state index in [4.69, 9.17) is 14.2 Å². The zero-order valence-corrected chi connectivity index (χ0v) is 25.7. The highest BCUT2D eigenvalue weighted by Gasteiger charge is 2.53. The number of hydrogen-bond donors (Lipinski definition) is 3. The summed E-state index contributed by atoms with van der Waals surface area (Å²) >= 11 is 0.839. The molecule has 0 unspecified atom stereocenters. The summed E-state index contributed by atoms with van der Waals surface area (Å²) in [5, 5.41) is 40.1. The van der Waals surface area contributed by atoms with Crippen LogP contribution in [0.4, 0.5) is 26.3 Å². The lowest BCUT2D eigenvalue weighted by Crippen LogP contribution is -2.56. The van der Waals surface area contributed by atoms with E-state index in [-0.39, 0.29) is 36.3 Å². The number of aliphatic hydroxyl groups is 3. The van der Waals surface area contributed by atoms with Crippen LogP contribution in [0.5, 0.6) is 0 Å². The number of thioether (sulfide) groups is 1. The normalized spacial score (nSPS) is 29.1. The smallest absolute Gasteiger partial charge is 0.394 e. The highest BCUT2D eigenvalue weighted by Crippen LogP contribution is 2.53. The lowest BCUT2D eigenvalue weighted by atomic mass is 9.79. The minimum absolute atomic E-state index is 0.00261. The van der Waals surface area contributed by atoms with Gasteiger partial charge in [0.25, 0.3) is 0 Å². The summed E-state index contributed by atoms with van der Waals surface area (Å²) in [5.41, 5.74) is -5.22. The third-order valence-electron chi connectivity index (χ3n) is 8.26. The fraction of sp³-hybridized carbons (Fsp3) is 0.533. The summed E-state index contributed by atoms with van der Waals surface area (Å²) in [6.07, 6.45) is -7.54. The zero-order valence-electron chi connectivity index (χ0n) is 24.9. The molecule has 252 valence electrons. The Hall–Kier alpha value is -2.73. The number of aromatic nitrogens is 3. The number of hydrogen-bond acceptors (Lipinski definition) is 9. The van der Waals surface area contributed by atoms with E-state index >= 15 is 0 Å². The summed E-state index contributed by atoms with van der Waals surface area (Å²) in [5.74, 6) is -4.58. The molecule has 0 radical (unpaired) electrons. The van der Waals surface area contributed by atoms with Gasteiger partial charge in [0.2, 0.25) is 0 Å². The second-order valence-corrected chi connectivity index (χ2v) is 13.2.